The van der Waals surface area contributed by atoms with Crippen LogP contribution < -0.4 is 0 Å². The predicted molar refractivity (Wildman–Crippen MR) is 107 cm³/mol. The second-order valence-electron chi connectivity index (χ2n) is 7.68. The molecule has 3 nitrogen and oxygen atoms in total. The average Bonchev–Trinajstić information content (AvgIpc) is 3.35. The Bertz CT molecular complexity index is 1030. The lowest BCUT2D eigenvalue weighted by Gasteiger charge is -2.22. The van der Waals surface area contributed by atoms with Crippen LogP contribution in [0.2, 0.25) is 0 Å². The van der Waals surface area contributed by atoms with Gasteiger partial charge in [-0.25, -0.2) is 0 Å². The van der Waals surface area contributed by atoms with Crippen molar-refractivity contribution in [2.45, 2.75) is 31.4 Å². The van der Waals surface area contributed by atoms with Gasteiger partial charge in [0, 0.05) is 49.6 Å². The smallest absolute Gasteiger partial charge is 0.350 e. The van der Waals surface area contributed by atoms with Gasteiger partial charge in [0.25, 0.3) is 0 Å². The Hall–Kier alpha value is -2.76. The minimum Gasteiger partial charge on any atom is -0.350 e. The summed E-state index contributed by atoms with van der Waals surface area (Å²) in [5.41, 5.74) is 1.71. The largest absolute Gasteiger partial charge is 0.416 e. The van der Waals surface area contributed by atoms with Gasteiger partial charge in [-0.15, -0.1) is 0 Å². The maximum absolute atomic E-state index is 13.3. The van der Waals surface area contributed by atoms with E-state index in [1.165, 1.54) is 12.1 Å². The van der Waals surface area contributed by atoms with E-state index in [4.69, 9.17) is 0 Å². The highest BCUT2D eigenvalue weighted by atomic mass is 19.4. The second-order valence-corrected chi connectivity index (χ2v) is 7.68. The van der Waals surface area contributed by atoms with Crippen molar-refractivity contribution in [3.05, 3.63) is 71.4 Å². The summed E-state index contributed by atoms with van der Waals surface area (Å²) >= 11 is 0. The fourth-order valence-corrected chi connectivity index (χ4v) is 4.26. The molecule has 1 fully saturated rings. The number of amides is 1. The summed E-state index contributed by atoms with van der Waals surface area (Å²) in [7, 11) is 1.91. The van der Waals surface area contributed by atoms with Crippen molar-refractivity contribution in [3.63, 3.8) is 0 Å². The lowest BCUT2D eigenvalue weighted by atomic mass is 9.87. The molecule has 29 heavy (non-hydrogen) atoms. The number of likely N-dealkylation sites (tertiary alicyclic amines) is 1. The monoisotopic (exact) mass is 400 g/mol. The molecule has 3 aromatic rings. The van der Waals surface area contributed by atoms with Crippen molar-refractivity contribution in [1.82, 2.24) is 9.47 Å². The lowest BCUT2D eigenvalue weighted by molar-refractivity contribution is -0.137. The van der Waals surface area contributed by atoms with Gasteiger partial charge in [0.1, 0.15) is 0 Å². The van der Waals surface area contributed by atoms with E-state index in [9.17, 15) is 18.0 Å². The van der Waals surface area contributed by atoms with Crippen LogP contribution in [-0.2, 0) is 18.0 Å². The molecule has 0 spiro atoms. The van der Waals surface area contributed by atoms with Gasteiger partial charge in [-0.05, 0) is 36.1 Å². The molecule has 0 aliphatic carbocycles. The van der Waals surface area contributed by atoms with Gasteiger partial charge in [-0.2, -0.15) is 13.2 Å². The molecule has 0 radical (unpaired) electrons. The first kappa shape index (κ1) is 19.6. The quantitative estimate of drug-likeness (QED) is 0.580. The third-order valence-electron chi connectivity index (χ3n) is 5.76. The van der Waals surface area contributed by atoms with Crippen molar-refractivity contribution < 1.29 is 18.0 Å². The van der Waals surface area contributed by atoms with Crippen LogP contribution in [0.25, 0.3) is 10.9 Å². The van der Waals surface area contributed by atoms with Crippen molar-refractivity contribution in [2.75, 3.05) is 13.1 Å². The van der Waals surface area contributed by atoms with Crippen molar-refractivity contribution in [1.29, 1.82) is 0 Å². The Morgan fingerprint density at radius 1 is 1.07 bits per heavy atom. The Morgan fingerprint density at radius 2 is 1.79 bits per heavy atom. The van der Waals surface area contributed by atoms with Gasteiger partial charge in [0.15, 0.2) is 0 Å². The van der Waals surface area contributed by atoms with Crippen LogP contribution in [0, 0.1) is 0 Å². The molecule has 1 aliphatic heterocycles. The van der Waals surface area contributed by atoms with E-state index < -0.39 is 17.7 Å². The van der Waals surface area contributed by atoms with Crippen LogP contribution in [0.15, 0.2) is 54.7 Å². The molecule has 0 N–H and O–H groups in total. The highest BCUT2D eigenvalue weighted by Crippen LogP contribution is 2.38. The van der Waals surface area contributed by atoms with Gasteiger partial charge in [0.05, 0.1) is 5.56 Å². The molecule has 1 unspecified atom stereocenters. The summed E-state index contributed by atoms with van der Waals surface area (Å²) in [6.07, 6.45) is -0.358. The highest BCUT2D eigenvalue weighted by molar-refractivity contribution is 5.86. The zero-order valence-electron chi connectivity index (χ0n) is 16.2. The molecule has 2 aromatic carbocycles. The van der Waals surface area contributed by atoms with E-state index in [0.29, 0.717) is 5.56 Å². The molecular weight excluding hydrogens is 377 g/mol. The number of para-hydroxylation sites is 1. The molecule has 6 heteroatoms. The molecule has 1 atom stereocenters. The van der Waals surface area contributed by atoms with Gasteiger partial charge in [0.2, 0.25) is 5.91 Å². The van der Waals surface area contributed by atoms with Crippen LogP contribution in [0.5, 0.6) is 0 Å². The summed E-state index contributed by atoms with van der Waals surface area (Å²) in [5, 5.41) is 0.964. The SMILES string of the molecule is Cn1cc(C(CC(=O)N2CCCC2)c2cccc(C(F)(F)F)c2)c2ccccc21. The number of rotatable bonds is 4. The van der Waals surface area contributed by atoms with Crippen LogP contribution in [0.4, 0.5) is 13.2 Å². The number of carbonyl (C=O) groups excluding carboxylic acids is 1. The summed E-state index contributed by atoms with van der Waals surface area (Å²) in [6.45, 7) is 1.45. The zero-order chi connectivity index (χ0) is 20.6. The molecule has 1 aromatic heterocycles. The number of fused-ring (bicyclic) bond motifs is 1. The number of alkyl halides is 3. The molecule has 1 saturated heterocycles. The first-order chi connectivity index (χ1) is 13.8. The maximum atomic E-state index is 13.3. The van der Waals surface area contributed by atoms with Crippen LogP contribution >= 0.6 is 0 Å². The zero-order valence-corrected chi connectivity index (χ0v) is 16.2. The number of aryl methyl sites for hydroxylation is 1. The van der Waals surface area contributed by atoms with E-state index in [-0.39, 0.29) is 12.3 Å². The Kier molecular flexibility index (Phi) is 5.11. The standard InChI is InChI=1S/C23H23F3N2O/c1-27-15-20(18-9-2-3-10-21(18)27)19(14-22(29)28-11-4-5-12-28)16-7-6-8-17(13-16)23(24,25)26/h2-3,6-10,13,15,19H,4-5,11-12,14H2,1H3. The average molecular weight is 400 g/mol. The molecule has 0 bridgehead atoms. The van der Waals surface area contributed by atoms with E-state index in [1.54, 1.807) is 6.07 Å². The highest BCUT2D eigenvalue weighted by Gasteiger charge is 2.32. The van der Waals surface area contributed by atoms with Crippen LogP contribution in [0.3, 0.4) is 0 Å². The number of halogens is 3. The molecule has 152 valence electrons. The van der Waals surface area contributed by atoms with E-state index >= 15 is 0 Å². The predicted octanol–water partition coefficient (Wildman–Crippen LogP) is 5.34. The van der Waals surface area contributed by atoms with E-state index in [1.807, 2.05) is 47.0 Å². The number of benzene rings is 2. The number of carbonyl (C=O) groups is 1. The maximum Gasteiger partial charge on any atom is 0.416 e. The Morgan fingerprint density at radius 3 is 2.52 bits per heavy atom. The number of hydrogen-bond acceptors (Lipinski definition) is 1. The Balaban J connectivity index is 1.80. The summed E-state index contributed by atoms with van der Waals surface area (Å²) in [6, 6.07) is 13.2. The third kappa shape index (κ3) is 3.88. The van der Waals surface area contributed by atoms with Crippen molar-refractivity contribution in [3.8, 4) is 0 Å². The minimum absolute atomic E-state index is 0.00199. The van der Waals surface area contributed by atoms with Crippen LogP contribution in [-0.4, -0.2) is 28.5 Å². The van der Waals surface area contributed by atoms with Crippen LogP contribution in [0.1, 0.15) is 41.9 Å². The van der Waals surface area contributed by atoms with Gasteiger partial charge < -0.3 is 9.47 Å². The lowest BCUT2D eigenvalue weighted by Crippen LogP contribution is -2.29. The first-order valence-corrected chi connectivity index (χ1v) is 9.83. The summed E-state index contributed by atoms with van der Waals surface area (Å²) in [5.74, 6) is -0.436. The number of nitrogens with zero attached hydrogens (tertiary/aromatic N) is 2. The summed E-state index contributed by atoms with van der Waals surface area (Å²) < 4.78 is 41.9. The number of hydrogen-bond donors (Lipinski definition) is 0. The molecule has 4 rings (SSSR count). The fourth-order valence-electron chi connectivity index (χ4n) is 4.26. The first-order valence-electron chi connectivity index (χ1n) is 9.83. The minimum atomic E-state index is -4.42. The van der Waals surface area contributed by atoms with Crippen molar-refractivity contribution in [2.24, 2.45) is 7.05 Å². The second kappa shape index (κ2) is 7.58. The van der Waals surface area contributed by atoms with Gasteiger partial charge >= 0.3 is 6.18 Å². The number of aromatic nitrogens is 1. The molecule has 1 aliphatic rings. The third-order valence-corrected chi connectivity index (χ3v) is 5.76. The molecule has 1 amide bonds. The summed E-state index contributed by atoms with van der Waals surface area (Å²) in [4.78, 5) is 14.7. The molecule has 2 heterocycles. The van der Waals surface area contributed by atoms with E-state index in [2.05, 4.69) is 0 Å². The topological polar surface area (TPSA) is 25.2 Å². The van der Waals surface area contributed by atoms with E-state index in [0.717, 1.165) is 48.5 Å². The normalized spacial score (nSPS) is 15.8. The molecular formula is C23H23F3N2O. The van der Waals surface area contributed by atoms with Crippen molar-refractivity contribution >= 4 is 16.8 Å². The Labute approximate surface area is 167 Å². The fraction of sp³-hybridized carbons (Fsp3) is 0.348. The van der Waals surface area contributed by atoms with Gasteiger partial charge in [-0.3, -0.25) is 4.79 Å². The van der Waals surface area contributed by atoms with Gasteiger partial charge in [-0.1, -0.05) is 36.4 Å². The molecule has 0 saturated carbocycles.